The molecule has 1 aromatic carbocycles. The number of hydrogen-bond acceptors (Lipinski definition) is 6. The standard InChI is InChI=1S/C19H24N4O3/c1-14-4-9-18(21-20-14)22-10-12-23(13-11-22)19(24)15(2)26-17-7-5-16(25-3)6-8-17/h4-9,15H,10-13H2,1-3H3. The van der Waals surface area contributed by atoms with Gasteiger partial charge in [0.2, 0.25) is 0 Å². The Morgan fingerprint density at radius 1 is 1.00 bits per heavy atom. The minimum atomic E-state index is -0.533. The van der Waals surface area contributed by atoms with Crippen LogP contribution in [0.3, 0.4) is 0 Å². The van der Waals surface area contributed by atoms with Crippen molar-refractivity contribution in [2.75, 3.05) is 38.2 Å². The number of benzene rings is 1. The van der Waals surface area contributed by atoms with E-state index in [2.05, 4.69) is 15.1 Å². The molecule has 1 atom stereocenters. The number of piperazine rings is 1. The van der Waals surface area contributed by atoms with Crippen molar-refractivity contribution in [1.82, 2.24) is 15.1 Å². The SMILES string of the molecule is COc1ccc(OC(C)C(=O)N2CCN(c3ccc(C)nn3)CC2)cc1. The van der Waals surface area contributed by atoms with E-state index in [9.17, 15) is 4.79 Å². The Hall–Kier alpha value is -2.83. The highest BCUT2D eigenvalue weighted by atomic mass is 16.5. The molecule has 1 unspecified atom stereocenters. The van der Waals surface area contributed by atoms with Gasteiger partial charge < -0.3 is 19.3 Å². The summed E-state index contributed by atoms with van der Waals surface area (Å²) in [7, 11) is 1.61. The quantitative estimate of drug-likeness (QED) is 0.815. The number of methoxy groups -OCH3 is 1. The number of hydrogen-bond donors (Lipinski definition) is 0. The molecule has 0 spiro atoms. The molecule has 138 valence electrons. The van der Waals surface area contributed by atoms with Gasteiger partial charge in [-0.25, -0.2) is 0 Å². The van der Waals surface area contributed by atoms with Crippen LogP contribution in [0.1, 0.15) is 12.6 Å². The first kappa shape index (κ1) is 18.0. The van der Waals surface area contributed by atoms with Crippen molar-refractivity contribution in [3.8, 4) is 11.5 Å². The summed E-state index contributed by atoms with van der Waals surface area (Å²) >= 11 is 0. The fourth-order valence-corrected chi connectivity index (χ4v) is 2.88. The summed E-state index contributed by atoms with van der Waals surface area (Å²) in [5.74, 6) is 2.26. The molecule has 1 aliphatic rings. The third-order valence-corrected chi connectivity index (χ3v) is 4.42. The number of aromatic nitrogens is 2. The van der Waals surface area contributed by atoms with Gasteiger partial charge in [0.25, 0.3) is 5.91 Å². The number of anilines is 1. The summed E-state index contributed by atoms with van der Waals surface area (Å²) in [5, 5.41) is 8.31. The number of amides is 1. The van der Waals surface area contributed by atoms with Crippen molar-refractivity contribution in [2.24, 2.45) is 0 Å². The zero-order chi connectivity index (χ0) is 18.5. The summed E-state index contributed by atoms with van der Waals surface area (Å²) in [6.07, 6.45) is -0.533. The highest BCUT2D eigenvalue weighted by Gasteiger charge is 2.26. The number of nitrogens with zero attached hydrogens (tertiary/aromatic N) is 4. The zero-order valence-electron chi connectivity index (χ0n) is 15.4. The molecule has 2 heterocycles. The van der Waals surface area contributed by atoms with Crippen molar-refractivity contribution in [3.05, 3.63) is 42.1 Å². The molecule has 7 nitrogen and oxygen atoms in total. The molecule has 0 saturated carbocycles. The topological polar surface area (TPSA) is 67.8 Å². The van der Waals surface area contributed by atoms with Crippen molar-refractivity contribution in [3.63, 3.8) is 0 Å². The van der Waals surface area contributed by atoms with E-state index in [1.54, 1.807) is 26.2 Å². The molecule has 2 aromatic rings. The first-order valence-electron chi connectivity index (χ1n) is 8.71. The summed E-state index contributed by atoms with van der Waals surface area (Å²) in [6.45, 7) is 6.45. The highest BCUT2D eigenvalue weighted by molar-refractivity contribution is 5.81. The maximum absolute atomic E-state index is 12.6. The lowest BCUT2D eigenvalue weighted by molar-refractivity contribution is -0.138. The number of aryl methyl sites for hydroxylation is 1. The average Bonchev–Trinajstić information content (AvgIpc) is 2.69. The molecular formula is C19H24N4O3. The molecule has 3 rings (SSSR count). The number of carbonyl (C=O) groups excluding carboxylic acids is 1. The van der Waals surface area contributed by atoms with E-state index in [1.165, 1.54) is 0 Å². The van der Waals surface area contributed by atoms with Gasteiger partial charge in [0, 0.05) is 26.2 Å². The average molecular weight is 356 g/mol. The predicted molar refractivity (Wildman–Crippen MR) is 98.6 cm³/mol. The van der Waals surface area contributed by atoms with Gasteiger partial charge in [-0.1, -0.05) is 0 Å². The first-order chi connectivity index (χ1) is 12.6. The number of rotatable bonds is 5. The molecule has 1 aromatic heterocycles. The van der Waals surface area contributed by atoms with Gasteiger partial charge in [-0.05, 0) is 50.2 Å². The molecular weight excluding hydrogens is 332 g/mol. The lowest BCUT2D eigenvalue weighted by Crippen LogP contribution is -2.52. The molecule has 0 bridgehead atoms. The number of carbonyl (C=O) groups is 1. The largest absolute Gasteiger partial charge is 0.497 e. The van der Waals surface area contributed by atoms with Crippen molar-refractivity contribution >= 4 is 11.7 Å². The normalized spacial score (nSPS) is 15.5. The molecule has 0 N–H and O–H groups in total. The van der Waals surface area contributed by atoms with Crippen molar-refractivity contribution < 1.29 is 14.3 Å². The van der Waals surface area contributed by atoms with Crippen LogP contribution in [-0.2, 0) is 4.79 Å². The Balaban J connectivity index is 1.52. The van der Waals surface area contributed by atoms with E-state index >= 15 is 0 Å². The highest BCUT2D eigenvalue weighted by Crippen LogP contribution is 2.19. The fraction of sp³-hybridized carbons (Fsp3) is 0.421. The Labute approximate surface area is 153 Å². The van der Waals surface area contributed by atoms with Gasteiger partial charge >= 0.3 is 0 Å². The van der Waals surface area contributed by atoms with E-state index in [-0.39, 0.29) is 5.91 Å². The van der Waals surface area contributed by atoms with Crippen LogP contribution in [0.2, 0.25) is 0 Å². The molecule has 1 amide bonds. The van der Waals surface area contributed by atoms with Gasteiger partial charge in [0.15, 0.2) is 11.9 Å². The summed E-state index contributed by atoms with van der Waals surface area (Å²) in [5.41, 5.74) is 0.895. The summed E-state index contributed by atoms with van der Waals surface area (Å²) in [6, 6.07) is 11.1. The van der Waals surface area contributed by atoms with E-state index in [4.69, 9.17) is 9.47 Å². The monoisotopic (exact) mass is 356 g/mol. The van der Waals surface area contributed by atoms with E-state index in [0.29, 0.717) is 18.8 Å². The fourth-order valence-electron chi connectivity index (χ4n) is 2.88. The van der Waals surface area contributed by atoms with Crippen LogP contribution in [0, 0.1) is 6.92 Å². The van der Waals surface area contributed by atoms with Gasteiger partial charge in [0.05, 0.1) is 12.8 Å². The van der Waals surface area contributed by atoms with E-state index in [1.807, 2.05) is 36.1 Å². The predicted octanol–water partition coefficient (Wildman–Crippen LogP) is 1.91. The van der Waals surface area contributed by atoms with Gasteiger partial charge in [-0.3, -0.25) is 4.79 Å². The van der Waals surface area contributed by atoms with Gasteiger partial charge in [-0.2, -0.15) is 5.10 Å². The lowest BCUT2D eigenvalue weighted by Gasteiger charge is -2.36. The Morgan fingerprint density at radius 2 is 1.65 bits per heavy atom. The van der Waals surface area contributed by atoms with Crippen LogP contribution in [0.5, 0.6) is 11.5 Å². The van der Waals surface area contributed by atoms with Gasteiger partial charge in [0.1, 0.15) is 11.5 Å². The Kier molecular flexibility index (Phi) is 5.55. The van der Waals surface area contributed by atoms with Gasteiger partial charge in [-0.15, -0.1) is 5.10 Å². The van der Waals surface area contributed by atoms with E-state index < -0.39 is 6.10 Å². The number of ether oxygens (including phenoxy) is 2. The van der Waals surface area contributed by atoms with Crippen LogP contribution < -0.4 is 14.4 Å². The smallest absolute Gasteiger partial charge is 0.263 e. The molecule has 0 radical (unpaired) electrons. The summed E-state index contributed by atoms with van der Waals surface area (Å²) < 4.78 is 10.9. The van der Waals surface area contributed by atoms with Crippen LogP contribution in [-0.4, -0.2) is 60.4 Å². The second-order valence-corrected chi connectivity index (χ2v) is 6.28. The molecule has 1 saturated heterocycles. The molecule has 1 fully saturated rings. The van der Waals surface area contributed by atoms with Crippen molar-refractivity contribution in [2.45, 2.75) is 20.0 Å². The minimum absolute atomic E-state index is 0.00421. The molecule has 0 aliphatic carbocycles. The second-order valence-electron chi connectivity index (χ2n) is 6.28. The summed E-state index contributed by atoms with van der Waals surface area (Å²) in [4.78, 5) is 16.6. The maximum Gasteiger partial charge on any atom is 0.263 e. The maximum atomic E-state index is 12.6. The Bertz CT molecular complexity index is 725. The van der Waals surface area contributed by atoms with Crippen LogP contribution in [0.25, 0.3) is 0 Å². The minimum Gasteiger partial charge on any atom is -0.497 e. The third kappa shape index (κ3) is 4.22. The van der Waals surface area contributed by atoms with Crippen molar-refractivity contribution in [1.29, 1.82) is 0 Å². The van der Waals surface area contributed by atoms with Crippen LogP contribution in [0.15, 0.2) is 36.4 Å². The second kappa shape index (κ2) is 8.03. The lowest BCUT2D eigenvalue weighted by atomic mass is 10.2. The van der Waals surface area contributed by atoms with Crippen LogP contribution in [0.4, 0.5) is 5.82 Å². The van der Waals surface area contributed by atoms with Crippen LogP contribution >= 0.6 is 0 Å². The third-order valence-electron chi connectivity index (χ3n) is 4.42. The van der Waals surface area contributed by atoms with E-state index in [0.717, 1.165) is 30.4 Å². The molecule has 26 heavy (non-hydrogen) atoms. The molecule has 7 heteroatoms. The zero-order valence-corrected chi connectivity index (χ0v) is 15.4. The first-order valence-corrected chi connectivity index (χ1v) is 8.71. The Morgan fingerprint density at radius 3 is 2.23 bits per heavy atom. The molecule has 1 aliphatic heterocycles.